The summed E-state index contributed by atoms with van der Waals surface area (Å²) in [6, 6.07) is 6.62. The van der Waals surface area contributed by atoms with Crippen LogP contribution in [0.2, 0.25) is 5.02 Å². The maximum atomic E-state index is 6.38. The number of benzene rings is 1. The Morgan fingerprint density at radius 1 is 1.47 bits per heavy atom. The van der Waals surface area contributed by atoms with Gasteiger partial charge in [0.1, 0.15) is 0 Å². The van der Waals surface area contributed by atoms with Crippen molar-refractivity contribution in [2.45, 2.75) is 38.6 Å². The number of hydrogen-bond donors (Lipinski definition) is 1. The molecule has 0 bridgehead atoms. The second kappa shape index (κ2) is 6.21. The van der Waals surface area contributed by atoms with E-state index in [4.69, 9.17) is 11.6 Å². The Morgan fingerprint density at radius 2 is 2.24 bits per heavy atom. The van der Waals surface area contributed by atoms with E-state index in [9.17, 15) is 0 Å². The molecule has 2 rings (SSSR count). The van der Waals surface area contributed by atoms with Gasteiger partial charge in [-0.2, -0.15) is 0 Å². The molecule has 1 aromatic carbocycles. The normalized spacial score (nSPS) is 17.1. The van der Waals surface area contributed by atoms with Crippen molar-refractivity contribution in [3.05, 3.63) is 33.3 Å². The van der Waals surface area contributed by atoms with Gasteiger partial charge in [0, 0.05) is 10.5 Å². The third-order valence-electron chi connectivity index (χ3n) is 3.26. The molecule has 1 atom stereocenters. The second-order valence-electron chi connectivity index (χ2n) is 4.83. The van der Waals surface area contributed by atoms with Gasteiger partial charge in [0.2, 0.25) is 0 Å². The van der Waals surface area contributed by atoms with Crippen molar-refractivity contribution < 1.29 is 0 Å². The second-order valence-corrected chi connectivity index (χ2v) is 6.06. The summed E-state index contributed by atoms with van der Waals surface area (Å²) in [5.74, 6) is 0.902. The van der Waals surface area contributed by atoms with E-state index >= 15 is 0 Å². The van der Waals surface area contributed by atoms with Crippen LogP contribution in [0.5, 0.6) is 0 Å². The predicted octanol–water partition coefficient (Wildman–Crippen LogP) is 4.94. The number of halogens is 2. The van der Waals surface area contributed by atoms with Crippen LogP contribution in [0, 0.1) is 5.92 Å². The monoisotopic (exact) mass is 315 g/mol. The van der Waals surface area contributed by atoms with Crippen LogP contribution >= 0.6 is 27.5 Å². The van der Waals surface area contributed by atoms with E-state index in [0.717, 1.165) is 28.4 Å². The van der Waals surface area contributed by atoms with Gasteiger partial charge in [0.15, 0.2) is 0 Å². The van der Waals surface area contributed by atoms with Crippen molar-refractivity contribution in [1.82, 2.24) is 5.32 Å². The summed E-state index contributed by atoms with van der Waals surface area (Å²) in [5.41, 5.74) is 1.24. The van der Waals surface area contributed by atoms with E-state index in [1.165, 1.54) is 24.8 Å². The summed E-state index contributed by atoms with van der Waals surface area (Å²) in [5, 5.41) is 4.48. The fourth-order valence-corrected chi connectivity index (χ4v) is 2.75. The van der Waals surface area contributed by atoms with Crippen LogP contribution in [0.15, 0.2) is 22.7 Å². The quantitative estimate of drug-likeness (QED) is 0.783. The average Bonchev–Trinajstić information content (AvgIpc) is 3.12. The first-order chi connectivity index (χ1) is 8.22. The molecule has 0 aliphatic heterocycles. The van der Waals surface area contributed by atoms with Gasteiger partial charge in [0.25, 0.3) is 0 Å². The molecule has 1 unspecified atom stereocenters. The van der Waals surface area contributed by atoms with Gasteiger partial charge >= 0.3 is 0 Å². The van der Waals surface area contributed by atoms with Crippen molar-refractivity contribution in [3.8, 4) is 0 Å². The lowest BCUT2D eigenvalue weighted by molar-refractivity contribution is 0.474. The van der Waals surface area contributed by atoms with E-state index < -0.39 is 0 Å². The number of hydrogen-bond acceptors (Lipinski definition) is 1. The molecule has 1 aliphatic rings. The minimum atomic E-state index is 0.410. The van der Waals surface area contributed by atoms with Crippen LogP contribution in [-0.2, 0) is 0 Å². The zero-order chi connectivity index (χ0) is 12.3. The highest BCUT2D eigenvalue weighted by Crippen LogP contribution is 2.40. The fraction of sp³-hybridized carbons (Fsp3) is 0.571. The highest BCUT2D eigenvalue weighted by molar-refractivity contribution is 9.10. The summed E-state index contributed by atoms with van der Waals surface area (Å²) < 4.78 is 0.996. The standard InChI is InChI=1S/C14H19BrClN/c1-2-8-17-13(9-10-6-7-10)11-4-3-5-12(15)14(11)16/h3-5,10,13,17H,2,6-9H2,1H3. The minimum absolute atomic E-state index is 0.410. The largest absolute Gasteiger partial charge is 0.310 e. The van der Waals surface area contributed by atoms with E-state index in [-0.39, 0.29) is 0 Å². The zero-order valence-corrected chi connectivity index (χ0v) is 12.5. The summed E-state index contributed by atoms with van der Waals surface area (Å²) in [6.07, 6.45) is 5.15. The number of rotatable bonds is 6. The molecule has 17 heavy (non-hydrogen) atoms. The Balaban J connectivity index is 2.14. The van der Waals surface area contributed by atoms with Gasteiger partial charge in [-0.3, -0.25) is 0 Å². The molecule has 94 valence electrons. The first-order valence-electron chi connectivity index (χ1n) is 6.39. The molecule has 1 saturated carbocycles. The molecular weight excluding hydrogens is 298 g/mol. The maximum absolute atomic E-state index is 6.38. The zero-order valence-electron chi connectivity index (χ0n) is 10.2. The van der Waals surface area contributed by atoms with E-state index in [2.05, 4.69) is 40.3 Å². The lowest BCUT2D eigenvalue weighted by atomic mass is 10.0. The molecule has 1 aliphatic carbocycles. The first kappa shape index (κ1) is 13.4. The Bertz CT molecular complexity index is 376. The molecule has 0 radical (unpaired) electrons. The number of nitrogens with one attached hydrogen (secondary N) is 1. The summed E-state index contributed by atoms with van der Waals surface area (Å²) in [4.78, 5) is 0. The fourth-order valence-electron chi connectivity index (χ4n) is 2.12. The van der Waals surface area contributed by atoms with Crippen LogP contribution in [-0.4, -0.2) is 6.54 Å². The third-order valence-corrected chi connectivity index (χ3v) is 4.57. The highest BCUT2D eigenvalue weighted by Gasteiger charge is 2.27. The van der Waals surface area contributed by atoms with Gasteiger partial charge in [-0.15, -0.1) is 0 Å². The lowest BCUT2D eigenvalue weighted by Crippen LogP contribution is -2.23. The SMILES string of the molecule is CCCNC(CC1CC1)c1cccc(Br)c1Cl. The van der Waals surface area contributed by atoms with E-state index in [1.807, 2.05) is 6.07 Å². The molecule has 0 heterocycles. The van der Waals surface area contributed by atoms with Gasteiger partial charge in [-0.05, 0) is 52.9 Å². The van der Waals surface area contributed by atoms with Crippen molar-refractivity contribution in [2.75, 3.05) is 6.54 Å². The molecule has 1 aromatic rings. The highest BCUT2D eigenvalue weighted by atomic mass is 79.9. The van der Waals surface area contributed by atoms with E-state index in [1.54, 1.807) is 0 Å². The van der Waals surface area contributed by atoms with Gasteiger partial charge in [-0.25, -0.2) is 0 Å². The molecule has 1 fully saturated rings. The van der Waals surface area contributed by atoms with Gasteiger partial charge in [0.05, 0.1) is 5.02 Å². The molecule has 0 saturated heterocycles. The van der Waals surface area contributed by atoms with Crippen molar-refractivity contribution in [2.24, 2.45) is 5.92 Å². The first-order valence-corrected chi connectivity index (χ1v) is 7.56. The summed E-state index contributed by atoms with van der Waals surface area (Å²) >= 11 is 9.89. The third kappa shape index (κ3) is 3.70. The van der Waals surface area contributed by atoms with Crippen molar-refractivity contribution in [3.63, 3.8) is 0 Å². The van der Waals surface area contributed by atoms with Crippen molar-refractivity contribution >= 4 is 27.5 Å². The predicted molar refractivity (Wildman–Crippen MR) is 77.5 cm³/mol. The molecular formula is C14H19BrClN. The van der Waals surface area contributed by atoms with E-state index in [0.29, 0.717) is 6.04 Å². The summed E-state index contributed by atoms with van der Waals surface area (Å²) in [7, 11) is 0. The van der Waals surface area contributed by atoms with Crippen LogP contribution in [0.25, 0.3) is 0 Å². The van der Waals surface area contributed by atoms with Crippen LogP contribution in [0.1, 0.15) is 44.2 Å². The molecule has 3 heteroatoms. The average molecular weight is 317 g/mol. The maximum Gasteiger partial charge on any atom is 0.0595 e. The summed E-state index contributed by atoms with van der Waals surface area (Å²) in [6.45, 7) is 3.25. The lowest BCUT2D eigenvalue weighted by Gasteiger charge is -2.20. The molecule has 1 nitrogen and oxygen atoms in total. The Kier molecular flexibility index (Phi) is 4.89. The van der Waals surface area contributed by atoms with Crippen LogP contribution in [0.3, 0.4) is 0 Å². The Labute approximate surface area is 117 Å². The molecule has 0 spiro atoms. The molecule has 0 amide bonds. The Hall–Kier alpha value is -0.0500. The smallest absolute Gasteiger partial charge is 0.0595 e. The minimum Gasteiger partial charge on any atom is -0.310 e. The molecule has 0 aromatic heterocycles. The van der Waals surface area contributed by atoms with Crippen LogP contribution in [0.4, 0.5) is 0 Å². The van der Waals surface area contributed by atoms with Gasteiger partial charge in [-0.1, -0.05) is 43.5 Å². The van der Waals surface area contributed by atoms with Crippen LogP contribution < -0.4 is 5.32 Å². The molecule has 1 N–H and O–H groups in total. The van der Waals surface area contributed by atoms with Crippen molar-refractivity contribution in [1.29, 1.82) is 0 Å². The van der Waals surface area contributed by atoms with Gasteiger partial charge < -0.3 is 5.32 Å². The topological polar surface area (TPSA) is 12.0 Å². The Morgan fingerprint density at radius 3 is 2.88 bits per heavy atom.